The Hall–Kier alpha value is -1.74. The van der Waals surface area contributed by atoms with Crippen LogP contribution < -0.4 is 4.74 Å². The van der Waals surface area contributed by atoms with Crippen molar-refractivity contribution < 1.29 is 22.6 Å². The predicted octanol–water partition coefficient (Wildman–Crippen LogP) is 3.91. The molecule has 0 spiro atoms. The maximum Gasteiger partial charge on any atom is 0.420 e. The fourth-order valence-electron chi connectivity index (χ4n) is 2.53. The van der Waals surface area contributed by atoms with Gasteiger partial charge < -0.3 is 9.47 Å². The van der Waals surface area contributed by atoms with E-state index in [1.807, 2.05) is 0 Å². The van der Waals surface area contributed by atoms with Crippen LogP contribution in [0.2, 0.25) is 0 Å². The van der Waals surface area contributed by atoms with E-state index in [-0.39, 0.29) is 23.5 Å². The normalized spacial score (nSPS) is 22.6. The number of nitrogens with zero attached hydrogens (tertiary/aromatic N) is 1. The Balaban J connectivity index is 2.21. The van der Waals surface area contributed by atoms with Gasteiger partial charge in [0.25, 0.3) is 0 Å². The summed E-state index contributed by atoms with van der Waals surface area (Å²) >= 11 is 0. The smallest absolute Gasteiger partial charge is 0.420 e. The van der Waals surface area contributed by atoms with Crippen LogP contribution in [0.15, 0.2) is 18.2 Å². The molecular formula is C15H16F3NO2. The Kier molecular flexibility index (Phi) is 4.73. The molecule has 0 saturated heterocycles. The third-order valence-electron chi connectivity index (χ3n) is 3.62. The van der Waals surface area contributed by atoms with Crippen molar-refractivity contribution in [3.63, 3.8) is 0 Å². The summed E-state index contributed by atoms with van der Waals surface area (Å²) in [5, 5.41) is 8.73. The number of rotatable bonds is 3. The van der Waals surface area contributed by atoms with Gasteiger partial charge in [0.05, 0.1) is 23.3 Å². The van der Waals surface area contributed by atoms with E-state index in [4.69, 9.17) is 14.7 Å². The molecule has 2 rings (SSSR count). The molecule has 1 aromatic rings. The van der Waals surface area contributed by atoms with Crippen LogP contribution in [-0.4, -0.2) is 19.3 Å². The van der Waals surface area contributed by atoms with Crippen molar-refractivity contribution in [1.29, 1.82) is 5.26 Å². The van der Waals surface area contributed by atoms with Gasteiger partial charge in [-0.2, -0.15) is 18.4 Å². The number of methoxy groups -OCH3 is 1. The van der Waals surface area contributed by atoms with E-state index in [0.29, 0.717) is 12.8 Å². The second-order valence-electron chi connectivity index (χ2n) is 5.08. The van der Waals surface area contributed by atoms with E-state index in [1.54, 1.807) is 13.2 Å². The van der Waals surface area contributed by atoms with Crippen LogP contribution in [0.5, 0.6) is 5.75 Å². The van der Waals surface area contributed by atoms with Gasteiger partial charge in [0.2, 0.25) is 0 Å². The molecule has 2 atom stereocenters. The topological polar surface area (TPSA) is 42.2 Å². The molecule has 6 heteroatoms. The lowest BCUT2D eigenvalue weighted by Crippen LogP contribution is -2.30. The van der Waals surface area contributed by atoms with E-state index in [1.165, 1.54) is 12.1 Å². The summed E-state index contributed by atoms with van der Waals surface area (Å²) in [5.41, 5.74) is -0.936. The zero-order valence-corrected chi connectivity index (χ0v) is 11.6. The molecule has 1 aromatic carbocycles. The van der Waals surface area contributed by atoms with Gasteiger partial charge in [0.1, 0.15) is 11.9 Å². The summed E-state index contributed by atoms with van der Waals surface area (Å²) in [6.07, 6.45) is -1.77. The van der Waals surface area contributed by atoms with Crippen molar-refractivity contribution in [1.82, 2.24) is 0 Å². The standard InChI is InChI=1S/C15H16F3NO2/c1-20-11-3-2-4-12(8-11)21-14-6-5-10(9-19)7-13(14)15(16,17)18/h5-7,11-12H,2-4,8H2,1H3. The van der Waals surface area contributed by atoms with Crippen LogP contribution >= 0.6 is 0 Å². The molecule has 0 N–H and O–H groups in total. The summed E-state index contributed by atoms with van der Waals surface area (Å²) in [6.45, 7) is 0. The van der Waals surface area contributed by atoms with E-state index >= 15 is 0 Å². The first kappa shape index (κ1) is 15.6. The van der Waals surface area contributed by atoms with Crippen molar-refractivity contribution in [2.24, 2.45) is 0 Å². The van der Waals surface area contributed by atoms with Crippen LogP contribution in [-0.2, 0) is 10.9 Å². The summed E-state index contributed by atoms with van der Waals surface area (Å²) in [4.78, 5) is 0. The second kappa shape index (κ2) is 6.35. The third-order valence-corrected chi connectivity index (χ3v) is 3.62. The maximum absolute atomic E-state index is 13.0. The molecule has 0 amide bonds. The van der Waals surface area contributed by atoms with Crippen LogP contribution in [0.4, 0.5) is 13.2 Å². The molecule has 114 valence electrons. The lowest BCUT2D eigenvalue weighted by Gasteiger charge is -2.29. The molecule has 1 saturated carbocycles. The van der Waals surface area contributed by atoms with Crippen LogP contribution in [0.25, 0.3) is 0 Å². The lowest BCUT2D eigenvalue weighted by atomic mass is 9.94. The Bertz CT molecular complexity index is 537. The number of ether oxygens (including phenoxy) is 2. The van der Waals surface area contributed by atoms with E-state index in [9.17, 15) is 13.2 Å². The van der Waals surface area contributed by atoms with Gasteiger partial charge in [-0.3, -0.25) is 0 Å². The van der Waals surface area contributed by atoms with Crippen molar-refractivity contribution >= 4 is 0 Å². The van der Waals surface area contributed by atoms with E-state index < -0.39 is 11.7 Å². The number of alkyl halides is 3. The number of hydrogen-bond acceptors (Lipinski definition) is 3. The first-order chi connectivity index (χ1) is 9.94. The highest BCUT2D eigenvalue weighted by Gasteiger charge is 2.36. The van der Waals surface area contributed by atoms with Gasteiger partial charge >= 0.3 is 6.18 Å². The van der Waals surface area contributed by atoms with Crippen LogP contribution in [0.3, 0.4) is 0 Å². The average molecular weight is 299 g/mol. The zero-order chi connectivity index (χ0) is 15.5. The molecule has 0 heterocycles. The fourth-order valence-corrected chi connectivity index (χ4v) is 2.53. The van der Waals surface area contributed by atoms with Gasteiger partial charge in [0, 0.05) is 13.5 Å². The van der Waals surface area contributed by atoms with Gasteiger partial charge in [-0.05, 0) is 37.5 Å². The maximum atomic E-state index is 13.0. The van der Waals surface area contributed by atoms with Gasteiger partial charge in [-0.15, -0.1) is 0 Å². The molecule has 3 nitrogen and oxygen atoms in total. The summed E-state index contributed by atoms with van der Waals surface area (Å²) in [7, 11) is 1.59. The zero-order valence-electron chi connectivity index (χ0n) is 11.6. The molecule has 0 bridgehead atoms. The Labute approximate surface area is 121 Å². The average Bonchev–Trinajstić information content (AvgIpc) is 2.46. The molecule has 21 heavy (non-hydrogen) atoms. The summed E-state index contributed by atoms with van der Waals surface area (Å²) < 4.78 is 49.9. The fraction of sp³-hybridized carbons (Fsp3) is 0.533. The summed E-state index contributed by atoms with van der Waals surface area (Å²) in [5.74, 6) is -0.219. The Morgan fingerprint density at radius 3 is 2.57 bits per heavy atom. The molecular weight excluding hydrogens is 283 g/mol. The molecule has 1 aliphatic carbocycles. The van der Waals surface area contributed by atoms with Crippen molar-refractivity contribution in [2.45, 2.75) is 44.1 Å². The van der Waals surface area contributed by atoms with E-state index in [0.717, 1.165) is 18.9 Å². The van der Waals surface area contributed by atoms with Crippen molar-refractivity contribution in [2.75, 3.05) is 7.11 Å². The number of hydrogen-bond donors (Lipinski definition) is 0. The molecule has 1 aliphatic rings. The first-order valence-corrected chi connectivity index (χ1v) is 6.75. The predicted molar refractivity (Wildman–Crippen MR) is 69.8 cm³/mol. The second-order valence-corrected chi connectivity index (χ2v) is 5.08. The molecule has 1 fully saturated rings. The minimum Gasteiger partial charge on any atom is -0.490 e. The van der Waals surface area contributed by atoms with Gasteiger partial charge in [0.15, 0.2) is 0 Å². The number of nitriles is 1. The highest BCUT2D eigenvalue weighted by molar-refractivity contribution is 5.43. The number of halogens is 3. The number of benzene rings is 1. The minimum atomic E-state index is -4.54. The third kappa shape index (κ3) is 3.88. The molecule has 0 aromatic heterocycles. The monoisotopic (exact) mass is 299 g/mol. The molecule has 0 radical (unpaired) electrons. The van der Waals surface area contributed by atoms with Gasteiger partial charge in [-0.1, -0.05) is 0 Å². The summed E-state index contributed by atoms with van der Waals surface area (Å²) in [6, 6.07) is 5.09. The van der Waals surface area contributed by atoms with Gasteiger partial charge in [-0.25, -0.2) is 0 Å². The SMILES string of the molecule is COC1CCCC(Oc2ccc(C#N)cc2C(F)(F)F)C1. The van der Waals surface area contributed by atoms with Crippen LogP contribution in [0, 0.1) is 11.3 Å². The molecule has 2 unspecified atom stereocenters. The van der Waals surface area contributed by atoms with Crippen LogP contribution in [0.1, 0.15) is 36.8 Å². The van der Waals surface area contributed by atoms with E-state index in [2.05, 4.69) is 0 Å². The van der Waals surface area contributed by atoms with Crippen molar-refractivity contribution in [3.05, 3.63) is 29.3 Å². The lowest BCUT2D eigenvalue weighted by molar-refractivity contribution is -0.139. The first-order valence-electron chi connectivity index (χ1n) is 6.75. The molecule has 0 aliphatic heterocycles. The highest BCUT2D eigenvalue weighted by atomic mass is 19.4. The Morgan fingerprint density at radius 2 is 1.95 bits per heavy atom. The Morgan fingerprint density at radius 1 is 1.24 bits per heavy atom. The highest BCUT2D eigenvalue weighted by Crippen LogP contribution is 2.38. The minimum absolute atomic E-state index is 0.0245. The quantitative estimate of drug-likeness (QED) is 0.849. The van der Waals surface area contributed by atoms with Crippen molar-refractivity contribution in [3.8, 4) is 11.8 Å². The largest absolute Gasteiger partial charge is 0.490 e.